The number of hydrogen-bond donors (Lipinski definition) is 1. The molecule has 6 rings (SSSR count). The third-order valence-electron chi connectivity index (χ3n) is 8.02. The second kappa shape index (κ2) is 12.2. The van der Waals surface area contributed by atoms with Gasteiger partial charge < -0.3 is 5.73 Å². The molecule has 1 aromatic heterocycles. The molecule has 208 valence electrons. The van der Waals surface area contributed by atoms with Gasteiger partial charge in [-0.3, -0.25) is 0 Å². The van der Waals surface area contributed by atoms with Gasteiger partial charge >= 0.3 is 0 Å². The highest BCUT2D eigenvalue weighted by molar-refractivity contribution is 5.99. The lowest BCUT2D eigenvalue weighted by Gasteiger charge is -2.37. The van der Waals surface area contributed by atoms with Crippen LogP contribution < -0.4 is 5.73 Å². The number of tetrazole rings is 1. The van der Waals surface area contributed by atoms with E-state index < -0.39 is 5.54 Å². The van der Waals surface area contributed by atoms with Crippen molar-refractivity contribution in [1.82, 2.24) is 20.2 Å². The smallest absolute Gasteiger partial charge is 0.180 e. The number of allylic oxidation sites excluding steroid dienone is 6. The number of benzene rings is 4. The van der Waals surface area contributed by atoms with Crippen molar-refractivity contribution in [2.45, 2.75) is 38.1 Å². The Labute approximate surface area is 247 Å². The van der Waals surface area contributed by atoms with Gasteiger partial charge in [-0.2, -0.15) is 0 Å². The summed E-state index contributed by atoms with van der Waals surface area (Å²) in [6.45, 7) is 2.22. The summed E-state index contributed by atoms with van der Waals surface area (Å²) in [5, 5.41) is 13.9. The van der Waals surface area contributed by atoms with E-state index in [1.54, 1.807) is 0 Å². The number of para-hydroxylation sites is 1. The van der Waals surface area contributed by atoms with E-state index in [1.165, 1.54) is 5.57 Å². The fourth-order valence-corrected chi connectivity index (χ4v) is 5.98. The van der Waals surface area contributed by atoms with Gasteiger partial charge in [-0.1, -0.05) is 147 Å². The van der Waals surface area contributed by atoms with E-state index in [9.17, 15) is 0 Å². The molecule has 1 aliphatic carbocycles. The monoisotopic (exact) mass is 549 g/mol. The first-order valence-corrected chi connectivity index (χ1v) is 14.6. The van der Waals surface area contributed by atoms with Crippen LogP contribution in [0.2, 0.25) is 0 Å². The Balaban J connectivity index is 1.66. The van der Waals surface area contributed by atoms with Crippen LogP contribution in [0.3, 0.4) is 0 Å². The molecule has 2 N–H and O–H groups in total. The molecular formula is C37H35N5. The zero-order valence-corrected chi connectivity index (χ0v) is 23.9. The minimum atomic E-state index is -0.823. The van der Waals surface area contributed by atoms with Crippen molar-refractivity contribution in [2.24, 2.45) is 0 Å². The van der Waals surface area contributed by atoms with Crippen LogP contribution in [0.15, 0.2) is 139 Å². The Bertz CT molecular complexity index is 1630. The van der Waals surface area contributed by atoms with Crippen molar-refractivity contribution in [2.75, 3.05) is 5.73 Å². The van der Waals surface area contributed by atoms with Gasteiger partial charge in [-0.05, 0) is 50.8 Å². The summed E-state index contributed by atoms with van der Waals surface area (Å²) in [4.78, 5) is 0. The van der Waals surface area contributed by atoms with Crippen LogP contribution in [-0.2, 0) is 5.54 Å². The van der Waals surface area contributed by atoms with E-state index in [0.717, 1.165) is 64.2 Å². The fourth-order valence-electron chi connectivity index (χ4n) is 5.98. The first kappa shape index (κ1) is 27.2. The number of unbranched alkanes of at least 4 members (excludes halogenated alkanes) is 2. The minimum Gasteiger partial charge on any atom is -0.398 e. The zero-order chi connectivity index (χ0) is 28.8. The largest absolute Gasteiger partial charge is 0.398 e. The third kappa shape index (κ3) is 4.99. The van der Waals surface area contributed by atoms with Crippen molar-refractivity contribution in [3.63, 3.8) is 0 Å². The molecule has 0 atom stereocenters. The van der Waals surface area contributed by atoms with Crippen molar-refractivity contribution >= 4 is 16.8 Å². The topological polar surface area (TPSA) is 69.6 Å². The zero-order valence-electron chi connectivity index (χ0n) is 23.9. The Morgan fingerprint density at radius 3 is 1.90 bits per heavy atom. The molecule has 0 unspecified atom stereocenters. The lowest BCUT2D eigenvalue weighted by atomic mass is 9.76. The van der Waals surface area contributed by atoms with Crippen LogP contribution in [-0.4, -0.2) is 20.2 Å². The lowest BCUT2D eigenvalue weighted by Crippen LogP contribution is -2.40. The molecule has 0 bridgehead atoms. The highest BCUT2D eigenvalue weighted by Crippen LogP contribution is 2.44. The van der Waals surface area contributed by atoms with Crippen LogP contribution in [0, 0.1) is 0 Å². The third-order valence-corrected chi connectivity index (χ3v) is 8.02. The predicted molar refractivity (Wildman–Crippen MR) is 171 cm³/mol. The van der Waals surface area contributed by atoms with E-state index in [4.69, 9.17) is 16.0 Å². The number of aromatic nitrogens is 4. The summed E-state index contributed by atoms with van der Waals surface area (Å²) >= 11 is 0. The summed E-state index contributed by atoms with van der Waals surface area (Å²) in [6, 6.07) is 39.6. The summed E-state index contributed by atoms with van der Waals surface area (Å²) < 4.78 is 2.02. The van der Waals surface area contributed by atoms with Gasteiger partial charge in [0, 0.05) is 23.2 Å². The molecule has 5 heteroatoms. The Morgan fingerprint density at radius 2 is 1.33 bits per heavy atom. The average Bonchev–Trinajstić information content (AvgIpc) is 3.54. The van der Waals surface area contributed by atoms with Gasteiger partial charge in [0.1, 0.15) is 5.54 Å². The van der Waals surface area contributed by atoms with Crippen LogP contribution in [0.1, 0.15) is 60.7 Å². The van der Waals surface area contributed by atoms with Gasteiger partial charge in [-0.25, -0.2) is 4.68 Å². The van der Waals surface area contributed by atoms with Crippen LogP contribution >= 0.6 is 0 Å². The maximum absolute atomic E-state index is 6.56. The van der Waals surface area contributed by atoms with Crippen molar-refractivity contribution in [3.8, 4) is 0 Å². The Hall–Kier alpha value is -5.03. The number of nitrogen functional groups attached to an aromatic ring is 1. The van der Waals surface area contributed by atoms with E-state index in [1.807, 2.05) is 41.1 Å². The van der Waals surface area contributed by atoms with Gasteiger partial charge in [0.2, 0.25) is 0 Å². The first-order valence-electron chi connectivity index (χ1n) is 14.6. The number of anilines is 1. The lowest BCUT2D eigenvalue weighted by molar-refractivity contribution is 0.442. The van der Waals surface area contributed by atoms with E-state index in [2.05, 4.69) is 109 Å². The molecule has 0 fully saturated rings. The summed E-state index contributed by atoms with van der Waals surface area (Å²) in [6.07, 6.45) is 10.8. The molecule has 0 aliphatic heterocycles. The van der Waals surface area contributed by atoms with Gasteiger partial charge in [0.25, 0.3) is 0 Å². The van der Waals surface area contributed by atoms with Crippen LogP contribution in [0.4, 0.5) is 5.69 Å². The molecule has 0 saturated carbocycles. The van der Waals surface area contributed by atoms with Gasteiger partial charge in [-0.15, -0.1) is 5.10 Å². The average molecular weight is 550 g/mol. The number of nitrogens with two attached hydrogens (primary N) is 1. The second-order valence-corrected chi connectivity index (χ2v) is 10.6. The molecule has 0 amide bonds. The molecule has 4 aromatic carbocycles. The van der Waals surface area contributed by atoms with E-state index in [0.29, 0.717) is 6.42 Å². The molecular weight excluding hydrogens is 514 g/mol. The number of hydrogen-bond acceptors (Lipinski definition) is 4. The molecule has 1 aliphatic rings. The maximum atomic E-state index is 6.56. The standard InChI is InChI=1S/C37H35N5/c1-2-3-7-16-28-25-26-32(33-23-14-15-24-35(33)38)34(27-28)36-39-40-41-42(36)37(29-17-8-4-9-18-29,30-19-10-5-11-20-30)31-21-12-6-13-22-31/h4-6,8-26H,2-3,7,27,38H2,1H3. The number of nitrogens with zero attached hydrogens (tertiary/aromatic N) is 4. The maximum Gasteiger partial charge on any atom is 0.180 e. The minimum absolute atomic E-state index is 0.707. The quantitative estimate of drug-likeness (QED) is 0.115. The van der Waals surface area contributed by atoms with Crippen molar-refractivity contribution in [3.05, 3.63) is 167 Å². The van der Waals surface area contributed by atoms with E-state index >= 15 is 0 Å². The normalized spacial score (nSPS) is 14.5. The van der Waals surface area contributed by atoms with Gasteiger partial charge in [0.15, 0.2) is 5.82 Å². The second-order valence-electron chi connectivity index (χ2n) is 10.6. The highest BCUT2D eigenvalue weighted by atomic mass is 15.6. The Kier molecular flexibility index (Phi) is 7.91. The molecule has 5 aromatic rings. The molecule has 0 radical (unpaired) electrons. The molecule has 1 heterocycles. The Morgan fingerprint density at radius 1 is 0.762 bits per heavy atom. The number of rotatable bonds is 9. The van der Waals surface area contributed by atoms with Crippen molar-refractivity contribution < 1.29 is 0 Å². The molecule has 0 spiro atoms. The van der Waals surface area contributed by atoms with Crippen LogP contribution in [0.5, 0.6) is 0 Å². The van der Waals surface area contributed by atoms with Crippen LogP contribution in [0.25, 0.3) is 11.1 Å². The highest BCUT2D eigenvalue weighted by Gasteiger charge is 2.42. The predicted octanol–water partition coefficient (Wildman–Crippen LogP) is 8.08. The summed E-state index contributed by atoms with van der Waals surface area (Å²) in [5.41, 5.74) is 14.0. The summed E-state index contributed by atoms with van der Waals surface area (Å²) in [5.74, 6) is 0.718. The molecule has 42 heavy (non-hydrogen) atoms. The molecule has 0 saturated heterocycles. The fraction of sp³-hybridized carbons (Fsp3) is 0.162. The first-order chi connectivity index (χ1) is 20.7. The molecule has 5 nitrogen and oxygen atoms in total. The van der Waals surface area contributed by atoms with Gasteiger partial charge in [0.05, 0.1) is 0 Å². The van der Waals surface area contributed by atoms with E-state index in [-0.39, 0.29) is 0 Å². The SMILES string of the molecule is CCCCC=C1C=CC(c2ccccc2N)=C(c2nnnn2C(c2ccccc2)(c2ccccc2)c2ccccc2)C1. The summed E-state index contributed by atoms with van der Waals surface area (Å²) in [7, 11) is 0. The van der Waals surface area contributed by atoms with Crippen molar-refractivity contribution in [1.29, 1.82) is 0 Å².